The van der Waals surface area contributed by atoms with Gasteiger partial charge >= 0.3 is 0 Å². The van der Waals surface area contributed by atoms with E-state index in [-0.39, 0.29) is 18.6 Å². The van der Waals surface area contributed by atoms with Crippen molar-refractivity contribution in [3.05, 3.63) is 101 Å². The molecule has 1 saturated heterocycles. The SMILES string of the molecule is Cn1nc(-c2ccccc2)c(CN(C[C@H]2CCCO2)C(=O)c2ccc(F)cc2)c1Oc1ccccc1Cl. The first-order valence-electron chi connectivity index (χ1n) is 12.2. The van der Waals surface area contributed by atoms with Crippen molar-refractivity contribution in [2.24, 2.45) is 7.05 Å². The molecule has 3 aromatic carbocycles. The molecule has 1 amide bonds. The molecule has 6 nitrogen and oxygen atoms in total. The molecule has 0 radical (unpaired) electrons. The fraction of sp³-hybridized carbons (Fsp3) is 0.241. The first-order chi connectivity index (χ1) is 18.0. The number of carbonyl (C=O) groups is 1. The van der Waals surface area contributed by atoms with Gasteiger partial charge in [-0.15, -0.1) is 0 Å². The van der Waals surface area contributed by atoms with E-state index in [4.69, 9.17) is 26.2 Å². The van der Waals surface area contributed by atoms with Crippen molar-refractivity contribution in [3.8, 4) is 22.9 Å². The van der Waals surface area contributed by atoms with E-state index >= 15 is 0 Å². The van der Waals surface area contributed by atoms with Crippen LogP contribution in [0, 0.1) is 5.82 Å². The molecule has 2 heterocycles. The Bertz CT molecular complexity index is 1370. The Morgan fingerprint density at radius 3 is 2.54 bits per heavy atom. The number of ether oxygens (including phenoxy) is 2. The van der Waals surface area contributed by atoms with Crippen LogP contribution in [0.25, 0.3) is 11.3 Å². The van der Waals surface area contributed by atoms with E-state index in [1.807, 2.05) is 42.5 Å². The van der Waals surface area contributed by atoms with Gasteiger partial charge in [0.25, 0.3) is 5.91 Å². The zero-order chi connectivity index (χ0) is 25.8. The van der Waals surface area contributed by atoms with Gasteiger partial charge in [-0.1, -0.05) is 54.1 Å². The minimum atomic E-state index is -0.392. The summed E-state index contributed by atoms with van der Waals surface area (Å²) in [5.74, 6) is 0.359. The summed E-state index contributed by atoms with van der Waals surface area (Å²) in [7, 11) is 1.80. The van der Waals surface area contributed by atoms with Crippen LogP contribution in [-0.2, 0) is 18.3 Å². The van der Waals surface area contributed by atoms with E-state index in [0.29, 0.717) is 41.1 Å². The summed E-state index contributed by atoms with van der Waals surface area (Å²) in [6.07, 6.45) is 1.75. The lowest BCUT2D eigenvalue weighted by Gasteiger charge is -2.26. The second kappa shape index (κ2) is 11.2. The lowest BCUT2D eigenvalue weighted by molar-refractivity contribution is 0.0506. The normalized spacial score (nSPS) is 15.1. The Kier molecular flexibility index (Phi) is 7.53. The van der Waals surface area contributed by atoms with Crippen LogP contribution in [0.2, 0.25) is 5.02 Å². The molecule has 0 bridgehead atoms. The number of hydrogen-bond donors (Lipinski definition) is 0. The molecule has 8 heteroatoms. The Morgan fingerprint density at radius 2 is 1.84 bits per heavy atom. The van der Waals surface area contributed by atoms with Gasteiger partial charge in [0.15, 0.2) is 0 Å². The highest BCUT2D eigenvalue weighted by atomic mass is 35.5. The van der Waals surface area contributed by atoms with Crippen LogP contribution in [-0.4, -0.2) is 39.8 Å². The molecule has 1 atom stereocenters. The largest absolute Gasteiger partial charge is 0.437 e. The van der Waals surface area contributed by atoms with Gasteiger partial charge in [-0.3, -0.25) is 4.79 Å². The molecule has 4 aromatic rings. The van der Waals surface area contributed by atoms with Crippen LogP contribution >= 0.6 is 11.6 Å². The number of nitrogens with zero attached hydrogens (tertiary/aromatic N) is 3. The fourth-order valence-electron chi connectivity index (χ4n) is 4.50. The molecule has 0 N–H and O–H groups in total. The predicted octanol–water partition coefficient (Wildman–Crippen LogP) is 6.49. The van der Waals surface area contributed by atoms with Crippen molar-refractivity contribution < 1.29 is 18.7 Å². The third kappa shape index (κ3) is 5.68. The van der Waals surface area contributed by atoms with E-state index in [0.717, 1.165) is 24.0 Å². The Labute approximate surface area is 220 Å². The second-order valence-electron chi connectivity index (χ2n) is 8.98. The van der Waals surface area contributed by atoms with Crippen molar-refractivity contribution in [3.63, 3.8) is 0 Å². The molecular weight excluding hydrogens is 493 g/mol. The molecule has 1 fully saturated rings. The van der Waals surface area contributed by atoms with Crippen molar-refractivity contribution in [1.29, 1.82) is 0 Å². The average molecular weight is 520 g/mol. The second-order valence-corrected chi connectivity index (χ2v) is 9.39. The topological polar surface area (TPSA) is 56.6 Å². The summed E-state index contributed by atoms with van der Waals surface area (Å²) in [6.45, 7) is 1.28. The van der Waals surface area contributed by atoms with Crippen LogP contribution < -0.4 is 4.74 Å². The minimum Gasteiger partial charge on any atom is -0.437 e. The van der Waals surface area contributed by atoms with Crippen molar-refractivity contribution in [2.75, 3.05) is 13.2 Å². The number of hydrogen-bond acceptors (Lipinski definition) is 4. The zero-order valence-corrected chi connectivity index (χ0v) is 21.2. The molecule has 1 aromatic heterocycles. The molecule has 0 unspecified atom stereocenters. The van der Waals surface area contributed by atoms with E-state index < -0.39 is 5.82 Å². The number of aromatic nitrogens is 2. The number of carbonyl (C=O) groups excluding carboxylic acids is 1. The van der Waals surface area contributed by atoms with Gasteiger partial charge in [-0.05, 0) is 49.2 Å². The van der Waals surface area contributed by atoms with E-state index in [1.54, 1.807) is 28.8 Å². The van der Waals surface area contributed by atoms with Gasteiger partial charge < -0.3 is 14.4 Å². The van der Waals surface area contributed by atoms with Gasteiger partial charge in [0.1, 0.15) is 17.3 Å². The maximum absolute atomic E-state index is 13.7. The zero-order valence-electron chi connectivity index (χ0n) is 20.4. The molecule has 190 valence electrons. The average Bonchev–Trinajstić information content (AvgIpc) is 3.54. The number of aryl methyl sites for hydroxylation is 1. The van der Waals surface area contributed by atoms with Crippen LogP contribution in [0.3, 0.4) is 0 Å². The van der Waals surface area contributed by atoms with Gasteiger partial charge in [-0.2, -0.15) is 5.10 Å². The van der Waals surface area contributed by atoms with Gasteiger partial charge in [0.05, 0.1) is 23.2 Å². The lowest BCUT2D eigenvalue weighted by Crippen LogP contribution is -2.37. The predicted molar refractivity (Wildman–Crippen MR) is 140 cm³/mol. The van der Waals surface area contributed by atoms with E-state index in [2.05, 4.69) is 0 Å². The van der Waals surface area contributed by atoms with Gasteiger partial charge in [0.2, 0.25) is 5.88 Å². The van der Waals surface area contributed by atoms with Crippen LogP contribution in [0.5, 0.6) is 11.6 Å². The monoisotopic (exact) mass is 519 g/mol. The highest BCUT2D eigenvalue weighted by molar-refractivity contribution is 6.32. The van der Waals surface area contributed by atoms with Crippen LogP contribution in [0.15, 0.2) is 78.9 Å². The number of halogens is 2. The summed E-state index contributed by atoms with van der Waals surface area (Å²) in [4.78, 5) is 15.4. The van der Waals surface area contributed by atoms with E-state index in [1.165, 1.54) is 24.3 Å². The Hall–Kier alpha value is -3.68. The molecule has 1 aliphatic heterocycles. The molecule has 0 saturated carbocycles. The summed E-state index contributed by atoms with van der Waals surface area (Å²) >= 11 is 6.40. The third-order valence-corrected chi connectivity index (χ3v) is 6.67. The maximum atomic E-state index is 13.7. The molecule has 0 spiro atoms. The lowest BCUT2D eigenvalue weighted by atomic mass is 10.1. The number of amides is 1. The highest BCUT2D eigenvalue weighted by Gasteiger charge is 2.28. The molecule has 1 aliphatic rings. The van der Waals surface area contributed by atoms with Crippen LogP contribution in [0.1, 0.15) is 28.8 Å². The molecule has 0 aliphatic carbocycles. The summed E-state index contributed by atoms with van der Waals surface area (Å²) in [5.41, 5.74) is 2.74. The van der Waals surface area contributed by atoms with Crippen molar-refractivity contribution in [1.82, 2.24) is 14.7 Å². The standard InChI is InChI=1S/C29H27ClFN3O3/c1-33-29(37-26-12-6-5-11-25(26)30)24(27(32-33)20-8-3-2-4-9-20)19-34(18-23-10-7-17-36-23)28(35)21-13-15-22(31)16-14-21/h2-6,8-9,11-16,23H,7,10,17-19H2,1H3/t23-/m1/s1. The Balaban J connectivity index is 1.57. The van der Waals surface area contributed by atoms with Crippen molar-refractivity contribution >= 4 is 17.5 Å². The number of para-hydroxylation sites is 1. The summed E-state index contributed by atoms with van der Waals surface area (Å²) in [6, 6.07) is 22.6. The quantitative estimate of drug-likeness (QED) is 0.267. The van der Waals surface area contributed by atoms with E-state index in [9.17, 15) is 9.18 Å². The van der Waals surface area contributed by atoms with Gasteiger partial charge in [-0.25, -0.2) is 9.07 Å². The molecule has 5 rings (SSSR count). The first-order valence-corrected chi connectivity index (χ1v) is 12.6. The minimum absolute atomic E-state index is 0.0748. The van der Waals surface area contributed by atoms with Crippen LogP contribution in [0.4, 0.5) is 4.39 Å². The smallest absolute Gasteiger partial charge is 0.254 e. The fourth-order valence-corrected chi connectivity index (χ4v) is 4.68. The maximum Gasteiger partial charge on any atom is 0.254 e. The van der Waals surface area contributed by atoms with Gasteiger partial charge in [0, 0.05) is 31.3 Å². The summed E-state index contributed by atoms with van der Waals surface area (Å²) < 4.78 is 27.4. The Morgan fingerprint density at radius 1 is 1.11 bits per heavy atom. The highest BCUT2D eigenvalue weighted by Crippen LogP contribution is 2.36. The number of rotatable bonds is 8. The third-order valence-electron chi connectivity index (χ3n) is 6.35. The summed E-state index contributed by atoms with van der Waals surface area (Å²) in [5, 5.41) is 5.23. The molecule has 37 heavy (non-hydrogen) atoms. The number of benzene rings is 3. The van der Waals surface area contributed by atoms with Crippen molar-refractivity contribution in [2.45, 2.75) is 25.5 Å². The first kappa shape index (κ1) is 25.0. The molecular formula is C29H27ClFN3O3.